The van der Waals surface area contributed by atoms with Gasteiger partial charge in [0.2, 0.25) is 0 Å². The summed E-state index contributed by atoms with van der Waals surface area (Å²) in [5.41, 5.74) is 12.6. The quantitative estimate of drug-likeness (QED) is 0.449. The fourth-order valence-corrected chi connectivity index (χ4v) is 3.71. The first-order chi connectivity index (χ1) is 16.1. The Bertz CT molecular complexity index is 1150. The van der Waals surface area contributed by atoms with Crippen molar-refractivity contribution in [3.63, 3.8) is 0 Å². The Kier molecular flexibility index (Phi) is 8.41. The van der Waals surface area contributed by atoms with Crippen molar-refractivity contribution in [2.75, 3.05) is 5.73 Å². The number of H-pyrrole nitrogens is 1. The third-order valence-corrected chi connectivity index (χ3v) is 5.43. The molecule has 1 aliphatic heterocycles. The van der Waals surface area contributed by atoms with Gasteiger partial charge in [-0.05, 0) is 49.2 Å². The number of allylic oxidation sites excluding steroid dienone is 2. The normalized spacial score (nSPS) is 16.3. The summed E-state index contributed by atoms with van der Waals surface area (Å²) in [6.07, 6.45) is 10.9. The van der Waals surface area contributed by atoms with Crippen molar-refractivity contribution in [3.05, 3.63) is 71.5 Å². The molecule has 2 aromatic heterocycles. The molecular formula is C27H36N6. The van der Waals surface area contributed by atoms with Gasteiger partial charge in [0, 0.05) is 11.3 Å². The molecule has 1 aromatic carbocycles. The number of nitrogens with two attached hydrogens (primary N) is 1. The number of aliphatic imine (C=N–C) groups is 1. The number of amidine groups is 1. The molecule has 0 spiro atoms. The number of hydrogen-bond acceptors (Lipinski definition) is 5. The summed E-state index contributed by atoms with van der Waals surface area (Å²) >= 11 is 0. The molecule has 4 N–H and O–H groups in total. The lowest BCUT2D eigenvalue weighted by atomic mass is 10.0. The largest absolute Gasteiger partial charge is 0.397 e. The predicted octanol–water partition coefficient (Wildman–Crippen LogP) is 6.16. The van der Waals surface area contributed by atoms with E-state index in [0.29, 0.717) is 5.69 Å². The van der Waals surface area contributed by atoms with Crippen LogP contribution in [0, 0.1) is 6.92 Å². The van der Waals surface area contributed by atoms with Crippen LogP contribution in [0.4, 0.5) is 5.69 Å². The third-order valence-electron chi connectivity index (χ3n) is 5.43. The first-order valence-corrected chi connectivity index (χ1v) is 12.0. The Balaban J connectivity index is 0.000000390. The van der Waals surface area contributed by atoms with Crippen molar-refractivity contribution in [1.29, 1.82) is 0 Å². The van der Waals surface area contributed by atoms with Gasteiger partial charge >= 0.3 is 0 Å². The number of rotatable bonds is 4. The Morgan fingerprint density at radius 2 is 1.88 bits per heavy atom. The second kappa shape index (κ2) is 11.5. The molecule has 0 radical (unpaired) electrons. The van der Waals surface area contributed by atoms with Crippen molar-refractivity contribution in [1.82, 2.24) is 20.3 Å². The van der Waals surface area contributed by atoms with E-state index in [1.807, 2.05) is 32.0 Å². The maximum Gasteiger partial charge on any atom is 0.152 e. The van der Waals surface area contributed by atoms with Gasteiger partial charge in [-0.2, -0.15) is 0 Å². The molecule has 6 heteroatoms. The second-order valence-electron chi connectivity index (χ2n) is 8.05. The first kappa shape index (κ1) is 24.2. The number of pyridine rings is 1. The molecule has 0 fully saturated rings. The SMILES string of the molecule is CC.CCCCC.Cc1ccc2nc(C3=CCC4N=C(c5ccc(N)cn5)NC4=C3)[nH]c2c1. The fourth-order valence-electron chi connectivity index (χ4n) is 3.71. The highest BCUT2D eigenvalue weighted by Gasteiger charge is 2.27. The average molecular weight is 445 g/mol. The fraction of sp³-hybridized carbons (Fsp3) is 0.370. The number of aryl methyl sites for hydroxylation is 1. The van der Waals surface area contributed by atoms with Gasteiger partial charge in [-0.1, -0.05) is 59.1 Å². The molecule has 0 amide bonds. The Morgan fingerprint density at radius 3 is 2.55 bits per heavy atom. The summed E-state index contributed by atoms with van der Waals surface area (Å²) < 4.78 is 0. The third kappa shape index (κ3) is 5.89. The number of nitrogens with zero attached hydrogens (tertiary/aromatic N) is 3. The Labute approximate surface area is 197 Å². The molecule has 6 nitrogen and oxygen atoms in total. The molecule has 1 unspecified atom stereocenters. The van der Waals surface area contributed by atoms with Gasteiger partial charge in [-0.3, -0.25) is 9.98 Å². The molecule has 2 aliphatic rings. The standard InChI is InChI=1S/C20H18N6.C5H12.C2H6/c1-11-2-5-14-17(8-11)25-19(23-14)12-3-6-15-18(9-12)26-20(24-15)16-7-4-13(21)10-22-16;1-3-5-4-2;1-2/h2-5,7-10,15H,6,21H2,1H3,(H,23,25)(H,24,26);3-5H2,1-2H3;1-2H3. The van der Waals surface area contributed by atoms with E-state index in [4.69, 9.17) is 15.7 Å². The van der Waals surface area contributed by atoms with Gasteiger partial charge in [0.25, 0.3) is 0 Å². The van der Waals surface area contributed by atoms with E-state index in [2.05, 4.69) is 60.3 Å². The van der Waals surface area contributed by atoms with E-state index in [9.17, 15) is 0 Å². The number of nitrogens with one attached hydrogen (secondary N) is 2. The van der Waals surface area contributed by atoms with Gasteiger partial charge in [0.15, 0.2) is 5.84 Å². The zero-order valence-corrected chi connectivity index (χ0v) is 20.4. The van der Waals surface area contributed by atoms with Gasteiger partial charge in [0.05, 0.1) is 29.0 Å². The van der Waals surface area contributed by atoms with Crippen LogP contribution in [-0.2, 0) is 0 Å². The number of imidazole rings is 1. The molecule has 3 aromatic rings. The van der Waals surface area contributed by atoms with Gasteiger partial charge < -0.3 is 16.0 Å². The van der Waals surface area contributed by atoms with E-state index in [1.165, 1.54) is 24.8 Å². The van der Waals surface area contributed by atoms with Crippen LogP contribution in [0.2, 0.25) is 0 Å². The minimum absolute atomic E-state index is 0.111. The van der Waals surface area contributed by atoms with E-state index in [1.54, 1.807) is 6.20 Å². The molecule has 3 heterocycles. The number of nitrogen functional groups attached to an aromatic ring is 1. The van der Waals surface area contributed by atoms with E-state index >= 15 is 0 Å². The molecule has 0 bridgehead atoms. The minimum atomic E-state index is 0.111. The highest BCUT2D eigenvalue weighted by atomic mass is 15.1. The smallest absolute Gasteiger partial charge is 0.152 e. The van der Waals surface area contributed by atoms with Crippen LogP contribution >= 0.6 is 0 Å². The zero-order valence-electron chi connectivity index (χ0n) is 20.4. The molecule has 174 valence electrons. The molecule has 0 saturated carbocycles. The van der Waals surface area contributed by atoms with Crippen molar-refractivity contribution >= 4 is 28.1 Å². The van der Waals surface area contributed by atoms with E-state index in [-0.39, 0.29) is 6.04 Å². The molecule has 1 aliphatic carbocycles. The predicted molar refractivity (Wildman–Crippen MR) is 140 cm³/mol. The summed E-state index contributed by atoms with van der Waals surface area (Å²) in [7, 11) is 0. The van der Waals surface area contributed by atoms with Crippen LogP contribution in [0.1, 0.15) is 70.5 Å². The van der Waals surface area contributed by atoms with Crippen LogP contribution < -0.4 is 11.1 Å². The summed E-state index contributed by atoms with van der Waals surface area (Å²) in [6.45, 7) is 10.5. The summed E-state index contributed by atoms with van der Waals surface area (Å²) in [4.78, 5) is 17.2. The number of aromatic amines is 1. The van der Waals surface area contributed by atoms with Crippen LogP contribution in [-0.4, -0.2) is 26.8 Å². The maximum absolute atomic E-state index is 5.71. The van der Waals surface area contributed by atoms with Crippen molar-refractivity contribution < 1.29 is 0 Å². The van der Waals surface area contributed by atoms with Crippen LogP contribution in [0.15, 0.2) is 59.4 Å². The van der Waals surface area contributed by atoms with Gasteiger partial charge in [0.1, 0.15) is 11.5 Å². The van der Waals surface area contributed by atoms with Crippen LogP contribution in [0.25, 0.3) is 16.6 Å². The zero-order chi connectivity index (χ0) is 23.8. The molecule has 1 atom stereocenters. The highest BCUT2D eigenvalue weighted by molar-refractivity contribution is 6.01. The maximum atomic E-state index is 5.71. The van der Waals surface area contributed by atoms with Crippen molar-refractivity contribution in [3.8, 4) is 0 Å². The highest BCUT2D eigenvalue weighted by Crippen LogP contribution is 2.29. The van der Waals surface area contributed by atoms with Crippen LogP contribution in [0.5, 0.6) is 0 Å². The van der Waals surface area contributed by atoms with Gasteiger partial charge in [-0.15, -0.1) is 0 Å². The Hall–Kier alpha value is -3.41. The lowest BCUT2D eigenvalue weighted by Gasteiger charge is -2.14. The lowest BCUT2D eigenvalue weighted by Crippen LogP contribution is -2.22. The number of anilines is 1. The van der Waals surface area contributed by atoms with Crippen LogP contribution in [0.3, 0.4) is 0 Å². The van der Waals surface area contributed by atoms with Crippen molar-refractivity contribution in [2.45, 2.75) is 66.3 Å². The molecular weight excluding hydrogens is 408 g/mol. The van der Waals surface area contributed by atoms with E-state index in [0.717, 1.165) is 46.1 Å². The first-order valence-electron chi connectivity index (χ1n) is 12.0. The van der Waals surface area contributed by atoms with Crippen molar-refractivity contribution in [2.24, 2.45) is 4.99 Å². The summed E-state index contributed by atoms with van der Waals surface area (Å²) in [5, 5.41) is 3.40. The van der Waals surface area contributed by atoms with E-state index < -0.39 is 0 Å². The van der Waals surface area contributed by atoms with Gasteiger partial charge in [-0.25, -0.2) is 4.98 Å². The average Bonchev–Trinajstić information content (AvgIpc) is 3.45. The topological polar surface area (TPSA) is 92.0 Å². The number of unbranched alkanes of at least 4 members (excludes halogenated alkanes) is 2. The Morgan fingerprint density at radius 1 is 1.09 bits per heavy atom. The molecule has 5 rings (SSSR count). The number of benzene rings is 1. The minimum Gasteiger partial charge on any atom is -0.397 e. The lowest BCUT2D eigenvalue weighted by molar-refractivity contribution is 0.772. The molecule has 0 saturated heterocycles. The number of fused-ring (bicyclic) bond motifs is 2. The number of hydrogen-bond donors (Lipinski definition) is 3. The molecule has 33 heavy (non-hydrogen) atoms. The summed E-state index contributed by atoms with van der Waals surface area (Å²) in [5.74, 6) is 1.67. The summed E-state index contributed by atoms with van der Waals surface area (Å²) in [6, 6.07) is 10.1. The second-order valence-corrected chi connectivity index (χ2v) is 8.05. The monoisotopic (exact) mass is 444 g/mol. The number of aromatic nitrogens is 3.